The van der Waals surface area contributed by atoms with E-state index in [1.54, 1.807) is 12.1 Å². The van der Waals surface area contributed by atoms with E-state index in [1.165, 1.54) is 18.2 Å². The molecule has 182 valence electrons. The number of benzene rings is 3. The van der Waals surface area contributed by atoms with Gasteiger partial charge < -0.3 is 21.3 Å². The van der Waals surface area contributed by atoms with Gasteiger partial charge in [-0.05, 0) is 61.7 Å². The third kappa shape index (κ3) is 6.57. The van der Waals surface area contributed by atoms with Gasteiger partial charge in [0.05, 0.1) is 21.5 Å². The number of hydrogen-bond acceptors (Lipinski definition) is 6. The van der Waals surface area contributed by atoms with Crippen molar-refractivity contribution < 1.29 is 23.4 Å². The van der Waals surface area contributed by atoms with Gasteiger partial charge in [0.1, 0.15) is 5.75 Å². The first-order valence-electron chi connectivity index (χ1n) is 10.4. The lowest BCUT2D eigenvalue weighted by atomic mass is 9.94. The van der Waals surface area contributed by atoms with Crippen LogP contribution in [0.5, 0.6) is 5.75 Å². The standard InChI is InChI=1S/C25H28N2O5S.ClH/c1-25(2,27-16-23(29)18-6-4-3-5-7-18)15-17-8-10-19(11-9-17)33(31,32)20-12-13-22(28)21(14-20)24(26)30;/h3-14,23,27-29H,15-16H2,1-2H3,(H2,26,30);1H/t23-;/m1./s1. The number of rotatable bonds is 9. The lowest BCUT2D eigenvalue weighted by Crippen LogP contribution is -2.43. The van der Waals surface area contributed by atoms with Crippen molar-refractivity contribution in [3.8, 4) is 5.75 Å². The predicted molar refractivity (Wildman–Crippen MR) is 133 cm³/mol. The van der Waals surface area contributed by atoms with Crippen molar-refractivity contribution in [1.82, 2.24) is 5.32 Å². The van der Waals surface area contributed by atoms with E-state index in [0.717, 1.165) is 23.3 Å². The third-order valence-electron chi connectivity index (χ3n) is 5.38. The number of nitrogens with one attached hydrogen (secondary N) is 1. The molecular weight excluding hydrogens is 476 g/mol. The fourth-order valence-electron chi connectivity index (χ4n) is 3.54. The number of phenols is 1. The van der Waals surface area contributed by atoms with E-state index < -0.39 is 21.8 Å². The average molecular weight is 505 g/mol. The van der Waals surface area contributed by atoms with E-state index >= 15 is 0 Å². The van der Waals surface area contributed by atoms with E-state index in [2.05, 4.69) is 5.32 Å². The molecule has 0 unspecified atom stereocenters. The topological polar surface area (TPSA) is 130 Å². The number of carbonyl (C=O) groups is 1. The van der Waals surface area contributed by atoms with Gasteiger partial charge in [0.25, 0.3) is 5.91 Å². The first-order valence-corrected chi connectivity index (χ1v) is 11.9. The summed E-state index contributed by atoms with van der Waals surface area (Å²) in [7, 11) is -3.89. The van der Waals surface area contributed by atoms with Gasteiger partial charge in [-0.3, -0.25) is 4.79 Å². The number of primary amides is 1. The number of sulfone groups is 1. The van der Waals surface area contributed by atoms with Crippen LogP contribution >= 0.6 is 12.4 Å². The molecule has 3 aromatic rings. The maximum absolute atomic E-state index is 13.0. The van der Waals surface area contributed by atoms with Crippen LogP contribution in [0.3, 0.4) is 0 Å². The highest BCUT2D eigenvalue weighted by atomic mass is 35.5. The molecular formula is C25H29ClN2O5S. The van der Waals surface area contributed by atoms with Crippen molar-refractivity contribution in [3.05, 3.63) is 89.5 Å². The molecule has 0 saturated heterocycles. The fraction of sp³-hybridized carbons (Fsp3) is 0.240. The van der Waals surface area contributed by atoms with Crippen molar-refractivity contribution in [2.75, 3.05) is 6.54 Å². The zero-order valence-corrected chi connectivity index (χ0v) is 20.6. The zero-order chi connectivity index (χ0) is 24.2. The second kappa shape index (κ2) is 11.0. The van der Waals surface area contributed by atoms with Gasteiger partial charge in [0, 0.05) is 12.1 Å². The molecule has 0 saturated carbocycles. The minimum Gasteiger partial charge on any atom is -0.507 e. The summed E-state index contributed by atoms with van der Waals surface area (Å²) in [6.45, 7) is 4.40. The van der Waals surface area contributed by atoms with Gasteiger partial charge >= 0.3 is 0 Å². The number of carbonyl (C=O) groups excluding carboxylic acids is 1. The van der Waals surface area contributed by atoms with Gasteiger partial charge in [-0.25, -0.2) is 8.42 Å². The van der Waals surface area contributed by atoms with Crippen molar-refractivity contribution >= 4 is 28.2 Å². The highest BCUT2D eigenvalue weighted by Crippen LogP contribution is 2.27. The number of amides is 1. The first kappa shape index (κ1) is 27.3. The molecule has 7 nitrogen and oxygen atoms in total. The largest absolute Gasteiger partial charge is 0.507 e. The molecule has 1 amide bonds. The van der Waals surface area contributed by atoms with Crippen LogP contribution in [0.4, 0.5) is 0 Å². The highest BCUT2D eigenvalue weighted by Gasteiger charge is 2.23. The second-order valence-corrected chi connectivity index (χ2v) is 10.5. The lowest BCUT2D eigenvalue weighted by molar-refractivity contribution is 0.0997. The van der Waals surface area contributed by atoms with E-state index in [9.17, 15) is 23.4 Å². The molecule has 0 aliphatic carbocycles. The minimum absolute atomic E-state index is 0. The number of aliphatic hydroxyl groups is 1. The molecule has 9 heteroatoms. The maximum atomic E-state index is 13.0. The van der Waals surface area contributed by atoms with Gasteiger partial charge in [-0.15, -0.1) is 12.4 Å². The lowest BCUT2D eigenvalue weighted by Gasteiger charge is -2.28. The molecule has 0 aliphatic heterocycles. The molecule has 0 heterocycles. The summed E-state index contributed by atoms with van der Waals surface area (Å²) >= 11 is 0. The highest BCUT2D eigenvalue weighted by molar-refractivity contribution is 7.91. The van der Waals surface area contributed by atoms with E-state index in [4.69, 9.17) is 5.73 Å². The zero-order valence-electron chi connectivity index (χ0n) is 18.9. The first-order chi connectivity index (χ1) is 15.5. The van der Waals surface area contributed by atoms with Crippen LogP contribution in [-0.2, 0) is 16.3 Å². The van der Waals surface area contributed by atoms with Crippen LogP contribution in [-0.4, -0.2) is 36.6 Å². The summed E-state index contributed by atoms with van der Waals surface area (Å²) in [5, 5.41) is 23.5. The molecule has 5 N–H and O–H groups in total. The third-order valence-corrected chi connectivity index (χ3v) is 7.15. The molecule has 0 bridgehead atoms. The Balaban J connectivity index is 0.00000408. The van der Waals surface area contributed by atoms with Crippen LogP contribution in [0.1, 0.15) is 41.4 Å². The average Bonchev–Trinajstić information content (AvgIpc) is 2.78. The van der Waals surface area contributed by atoms with Crippen LogP contribution in [0.15, 0.2) is 82.6 Å². The van der Waals surface area contributed by atoms with Gasteiger partial charge in [0.2, 0.25) is 9.84 Å². The Morgan fingerprint density at radius 2 is 1.59 bits per heavy atom. The van der Waals surface area contributed by atoms with E-state index in [0.29, 0.717) is 13.0 Å². The number of aliphatic hydroxyl groups excluding tert-OH is 1. The normalized spacial score (nSPS) is 12.6. The van der Waals surface area contributed by atoms with Crippen LogP contribution < -0.4 is 11.1 Å². The second-order valence-electron chi connectivity index (χ2n) is 8.56. The van der Waals surface area contributed by atoms with Crippen molar-refractivity contribution in [2.24, 2.45) is 5.73 Å². The molecule has 3 rings (SSSR count). The monoisotopic (exact) mass is 504 g/mol. The molecule has 0 aliphatic rings. The van der Waals surface area contributed by atoms with Crippen LogP contribution in [0, 0.1) is 0 Å². The van der Waals surface area contributed by atoms with E-state index in [1.807, 2.05) is 44.2 Å². The van der Waals surface area contributed by atoms with Crippen LogP contribution in [0.2, 0.25) is 0 Å². The van der Waals surface area contributed by atoms with E-state index in [-0.39, 0.29) is 39.0 Å². The summed E-state index contributed by atoms with van der Waals surface area (Å²) < 4.78 is 25.9. The number of hydrogen-bond donors (Lipinski definition) is 4. The summed E-state index contributed by atoms with van der Waals surface area (Å²) in [6.07, 6.45) is -0.0199. The Labute approximate surface area is 206 Å². The fourth-order valence-corrected chi connectivity index (χ4v) is 4.83. The summed E-state index contributed by atoms with van der Waals surface area (Å²) in [5.41, 5.74) is 6.37. The van der Waals surface area contributed by atoms with Crippen molar-refractivity contribution in [1.29, 1.82) is 0 Å². The van der Waals surface area contributed by atoms with Gasteiger partial charge in [0.15, 0.2) is 0 Å². The molecule has 3 aromatic carbocycles. The van der Waals surface area contributed by atoms with Crippen molar-refractivity contribution in [2.45, 2.75) is 41.7 Å². The van der Waals surface area contributed by atoms with Gasteiger partial charge in [-0.2, -0.15) is 0 Å². The smallest absolute Gasteiger partial charge is 0.252 e. The molecule has 0 aromatic heterocycles. The van der Waals surface area contributed by atoms with Crippen LogP contribution in [0.25, 0.3) is 0 Å². The Bertz CT molecular complexity index is 1230. The molecule has 34 heavy (non-hydrogen) atoms. The SMILES string of the molecule is CC(C)(Cc1ccc(S(=O)(=O)c2ccc(O)c(C(N)=O)c2)cc1)NC[C@@H](O)c1ccccc1.Cl. The molecule has 0 fully saturated rings. The number of aromatic hydroxyl groups is 1. The summed E-state index contributed by atoms with van der Waals surface area (Å²) in [4.78, 5) is 11.4. The Morgan fingerprint density at radius 1 is 1.00 bits per heavy atom. The van der Waals surface area contributed by atoms with Crippen molar-refractivity contribution in [3.63, 3.8) is 0 Å². The number of nitrogens with two attached hydrogens (primary N) is 1. The molecule has 0 spiro atoms. The van der Waals surface area contributed by atoms with Gasteiger partial charge in [-0.1, -0.05) is 42.5 Å². The molecule has 1 atom stereocenters. The summed E-state index contributed by atoms with van der Waals surface area (Å²) in [5.74, 6) is -1.28. The number of halogens is 1. The Hall–Kier alpha value is -2.91. The Morgan fingerprint density at radius 3 is 2.18 bits per heavy atom. The number of β-amino-alcohol motifs (C(OH)–C–C–N with tert-alkyl or cyclic N) is 1. The maximum Gasteiger partial charge on any atom is 0.252 e. The summed E-state index contributed by atoms with van der Waals surface area (Å²) in [6, 6.07) is 19.3. The molecule has 0 radical (unpaired) electrons. The Kier molecular flexibility index (Phi) is 8.85. The quantitative estimate of drug-likeness (QED) is 0.353. The minimum atomic E-state index is -3.89. The predicted octanol–water partition coefficient (Wildman–Crippen LogP) is 3.39.